The van der Waals surface area contributed by atoms with E-state index >= 15 is 0 Å². The van der Waals surface area contributed by atoms with E-state index in [0.29, 0.717) is 11.7 Å². The van der Waals surface area contributed by atoms with Crippen LogP contribution < -0.4 is 0 Å². The van der Waals surface area contributed by atoms with Crippen molar-refractivity contribution in [2.45, 2.75) is 0 Å². The summed E-state index contributed by atoms with van der Waals surface area (Å²) in [6.07, 6.45) is 0. The predicted molar refractivity (Wildman–Crippen MR) is 260 cm³/mol. The van der Waals surface area contributed by atoms with Crippen molar-refractivity contribution in [2.24, 2.45) is 15.0 Å². The van der Waals surface area contributed by atoms with E-state index in [9.17, 15) is 0 Å². The van der Waals surface area contributed by atoms with E-state index < -0.39 is 0 Å². The van der Waals surface area contributed by atoms with Gasteiger partial charge in [0.1, 0.15) is 11.2 Å². The van der Waals surface area contributed by atoms with Crippen LogP contribution in [0.3, 0.4) is 0 Å². The molecule has 0 saturated carbocycles. The lowest BCUT2D eigenvalue weighted by Crippen LogP contribution is -2.05. The Bertz CT molecular complexity index is 3510. The van der Waals surface area contributed by atoms with Crippen molar-refractivity contribution in [3.63, 3.8) is 0 Å². The van der Waals surface area contributed by atoms with Crippen molar-refractivity contribution >= 4 is 67.8 Å². The van der Waals surface area contributed by atoms with E-state index in [1.807, 2.05) is 72.8 Å². The van der Waals surface area contributed by atoms with Gasteiger partial charge in [-0.2, -0.15) is 0 Å². The molecule has 11 rings (SSSR count). The molecule has 0 amide bonds. The molecule has 0 radical (unpaired) electrons. The van der Waals surface area contributed by atoms with Crippen LogP contribution >= 0.6 is 0 Å². The molecule has 0 aliphatic heterocycles. The molecule has 2 heterocycles. The van der Waals surface area contributed by atoms with E-state index in [1.54, 1.807) is 0 Å². The maximum Gasteiger partial charge on any atom is 0.162 e. The number of rotatable bonds is 7. The summed E-state index contributed by atoms with van der Waals surface area (Å²) in [7, 11) is 0. The second kappa shape index (κ2) is 15.6. The molecule has 9 aromatic carbocycles. The van der Waals surface area contributed by atoms with Gasteiger partial charge in [0, 0.05) is 33.0 Å². The van der Waals surface area contributed by atoms with E-state index in [2.05, 4.69) is 162 Å². The monoisotopic (exact) mass is 794 g/mol. The van der Waals surface area contributed by atoms with Crippen LogP contribution in [0.1, 0.15) is 11.1 Å². The van der Waals surface area contributed by atoms with Crippen LogP contribution in [0.2, 0.25) is 0 Å². The maximum atomic E-state index is 6.61. The van der Waals surface area contributed by atoms with Gasteiger partial charge in [-0.15, -0.1) is 0 Å². The number of aliphatic imine (C=N–C) groups is 3. The SMILES string of the molecule is C=NC(=NC(=Nc1ccc2oc3ccc4c5ccccc5n(-c5ccc(-c6cccc(-c7ccccc7)c6)cc5)c4c3c2c1)c1cccc(-c2ccccc2)c1)c1ccccc1. The fourth-order valence-corrected chi connectivity index (χ4v) is 8.58. The Morgan fingerprint density at radius 3 is 1.71 bits per heavy atom. The van der Waals surface area contributed by atoms with Gasteiger partial charge >= 0.3 is 0 Å². The molecule has 292 valence electrons. The van der Waals surface area contributed by atoms with Gasteiger partial charge in [-0.25, -0.2) is 15.0 Å². The molecule has 0 N–H and O–H groups in total. The highest BCUT2D eigenvalue weighted by Crippen LogP contribution is 2.42. The predicted octanol–water partition coefficient (Wildman–Crippen LogP) is 14.9. The molecule has 0 unspecified atom stereocenters. The zero-order valence-electron chi connectivity index (χ0n) is 33.7. The molecule has 0 saturated heterocycles. The molecule has 5 nitrogen and oxygen atoms in total. The van der Waals surface area contributed by atoms with Crippen molar-refractivity contribution < 1.29 is 4.42 Å². The molecule has 0 fully saturated rings. The van der Waals surface area contributed by atoms with Crippen LogP contribution in [0.15, 0.2) is 238 Å². The van der Waals surface area contributed by atoms with E-state index in [-0.39, 0.29) is 0 Å². The van der Waals surface area contributed by atoms with Gasteiger partial charge in [-0.1, -0.05) is 158 Å². The summed E-state index contributed by atoms with van der Waals surface area (Å²) < 4.78 is 8.98. The number of furan rings is 1. The average Bonchev–Trinajstić information content (AvgIpc) is 3.89. The Morgan fingerprint density at radius 2 is 1.00 bits per heavy atom. The minimum Gasteiger partial charge on any atom is -0.456 e. The molecule has 62 heavy (non-hydrogen) atoms. The molecule has 5 heteroatoms. The van der Waals surface area contributed by atoms with E-state index in [0.717, 1.165) is 77.6 Å². The Hall–Kier alpha value is -8.41. The van der Waals surface area contributed by atoms with Crippen LogP contribution in [0.25, 0.3) is 82.8 Å². The summed E-state index contributed by atoms with van der Waals surface area (Å²) in [4.78, 5) is 14.7. The topological polar surface area (TPSA) is 55.1 Å². The molecule has 2 aromatic heterocycles. The van der Waals surface area contributed by atoms with Crippen molar-refractivity contribution in [1.29, 1.82) is 0 Å². The standard InChI is InChI=1S/C57H38N4O/c1-58-56(41-19-9-4-10-20-41)60-57(45-24-14-23-44(36-45)39-17-7-3-8-18-39)59-46-29-33-52-50(37-46)54-53(62-52)34-32-49-48-25-11-12-26-51(48)61(55(49)54)47-30-27-40(28-31-47)43-22-13-21-42(35-43)38-15-5-2-6-16-38/h2-37H,1H2. The molecule has 0 spiro atoms. The molecule has 0 aliphatic rings. The van der Waals surface area contributed by atoms with Gasteiger partial charge < -0.3 is 8.98 Å². The summed E-state index contributed by atoms with van der Waals surface area (Å²) >= 11 is 0. The van der Waals surface area contributed by atoms with E-state index in [1.165, 1.54) is 22.1 Å². The highest BCUT2D eigenvalue weighted by atomic mass is 16.3. The molecule has 0 aliphatic carbocycles. The smallest absolute Gasteiger partial charge is 0.162 e. The number of hydrogen-bond acceptors (Lipinski definition) is 2. The van der Waals surface area contributed by atoms with Gasteiger partial charge in [0.15, 0.2) is 11.7 Å². The minimum atomic E-state index is 0.491. The molecule has 0 bridgehead atoms. The number of para-hydroxylation sites is 1. The number of aromatic nitrogens is 1. The Labute approximate surface area is 358 Å². The number of benzene rings is 9. The molecule has 11 aromatic rings. The first kappa shape index (κ1) is 36.7. The number of nitrogens with zero attached hydrogens (tertiary/aromatic N) is 4. The van der Waals surface area contributed by atoms with Gasteiger partial charge in [0.05, 0.1) is 22.1 Å². The summed E-state index contributed by atoms with van der Waals surface area (Å²) in [6.45, 7) is 3.89. The van der Waals surface area contributed by atoms with Gasteiger partial charge in [0.2, 0.25) is 0 Å². The highest BCUT2D eigenvalue weighted by molar-refractivity contribution is 6.25. The second-order valence-electron chi connectivity index (χ2n) is 15.3. The Balaban J connectivity index is 1.08. The van der Waals surface area contributed by atoms with Crippen LogP contribution in [-0.2, 0) is 0 Å². The molecule has 0 atom stereocenters. The van der Waals surface area contributed by atoms with Crippen molar-refractivity contribution in [3.8, 4) is 39.1 Å². The van der Waals surface area contributed by atoms with Crippen LogP contribution in [0.5, 0.6) is 0 Å². The zero-order valence-corrected chi connectivity index (χ0v) is 33.7. The van der Waals surface area contributed by atoms with Crippen molar-refractivity contribution in [2.75, 3.05) is 0 Å². The first-order chi connectivity index (χ1) is 30.7. The first-order valence-corrected chi connectivity index (χ1v) is 20.7. The first-order valence-electron chi connectivity index (χ1n) is 20.7. The summed E-state index contributed by atoms with van der Waals surface area (Å²) in [6, 6.07) is 75.7. The van der Waals surface area contributed by atoms with Gasteiger partial charge in [-0.05, 0) is 101 Å². The summed E-state index contributed by atoms with van der Waals surface area (Å²) in [5.41, 5.74) is 14.2. The van der Waals surface area contributed by atoms with Crippen LogP contribution in [-0.4, -0.2) is 23.0 Å². The Kier molecular flexibility index (Phi) is 9.25. The van der Waals surface area contributed by atoms with Crippen molar-refractivity contribution in [1.82, 2.24) is 4.57 Å². The quantitative estimate of drug-likeness (QED) is 0.117. The third kappa shape index (κ3) is 6.68. The zero-order chi connectivity index (χ0) is 41.4. The van der Waals surface area contributed by atoms with Crippen molar-refractivity contribution in [3.05, 3.63) is 230 Å². The maximum absolute atomic E-state index is 6.61. The number of hydrogen-bond donors (Lipinski definition) is 0. The lowest BCUT2D eigenvalue weighted by Gasteiger charge is -2.11. The van der Waals surface area contributed by atoms with Crippen LogP contribution in [0.4, 0.5) is 5.69 Å². The lowest BCUT2D eigenvalue weighted by molar-refractivity contribution is 0.669. The fourth-order valence-electron chi connectivity index (χ4n) is 8.58. The number of fused-ring (bicyclic) bond motifs is 7. The minimum absolute atomic E-state index is 0.491. The Morgan fingerprint density at radius 1 is 0.419 bits per heavy atom. The summed E-state index contributed by atoms with van der Waals surface area (Å²) in [5.74, 6) is 1.01. The van der Waals surface area contributed by atoms with Gasteiger partial charge in [-0.3, -0.25) is 0 Å². The third-order valence-corrected chi connectivity index (χ3v) is 11.5. The average molecular weight is 795 g/mol. The highest BCUT2D eigenvalue weighted by Gasteiger charge is 2.20. The molecular weight excluding hydrogens is 757 g/mol. The molecular formula is C57H38N4O. The number of amidine groups is 2. The lowest BCUT2D eigenvalue weighted by atomic mass is 9.99. The van der Waals surface area contributed by atoms with Gasteiger partial charge in [0.25, 0.3) is 0 Å². The normalized spacial score (nSPS) is 12.1. The van der Waals surface area contributed by atoms with Crippen LogP contribution in [0, 0.1) is 0 Å². The largest absolute Gasteiger partial charge is 0.456 e. The second-order valence-corrected chi connectivity index (χ2v) is 15.3. The fraction of sp³-hybridized carbons (Fsp3) is 0. The van der Waals surface area contributed by atoms with E-state index in [4.69, 9.17) is 14.4 Å². The third-order valence-electron chi connectivity index (χ3n) is 11.5. The summed E-state index contributed by atoms with van der Waals surface area (Å²) in [5, 5.41) is 4.32.